The number of rotatable bonds is 5. The van der Waals surface area contributed by atoms with Gasteiger partial charge in [0.25, 0.3) is 0 Å². The van der Waals surface area contributed by atoms with Crippen molar-refractivity contribution in [2.45, 2.75) is 0 Å². The molecule has 0 saturated heterocycles. The van der Waals surface area contributed by atoms with Crippen LogP contribution in [0, 0.1) is 0 Å². The van der Waals surface area contributed by atoms with Crippen molar-refractivity contribution >= 4 is 76.2 Å². The van der Waals surface area contributed by atoms with Crippen LogP contribution in [0.1, 0.15) is 0 Å². The van der Waals surface area contributed by atoms with Gasteiger partial charge in [0.05, 0.1) is 11.4 Å². The normalized spacial score (nSPS) is 11.9. The summed E-state index contributed by atoms with van der Waals surface area (Å²) in [5.74, 6) is 0.612. The highest BCUT2D eigenvalue weighted by molar-refractivity contribution is 6.24. The van der Waals surface area contributed by atoms with Crippen molar-refractivity contribution in [1.29, 1.82) is 0 Å². The Hall–Kier alpha value is -8.34. The molecule has 3 heterocycles. The molecule has 0 fully saturated rings. The summed E-state index contributed by atoms with van der Waals surface area (Å²) in [5, 5.41) is 11.4. The Morgan fingerprint density at radius 1 is 0.274 bits per heavy atom. The van der Waals surface area contributed by atoms with Crippen molar-refractivity contribution in [2.75, 3.05) is 0 Å². The van der Waals surface area contributed by atoms with Gasteiger partial charge < -0.3 is 8.83 Å². The molecule has 0 amide bonds. The molecule has 0 aliphatic rings. The second kappa shape index (κ2) is 13.6. The van der Waals surface area contributed by atoms with Crippen molar-refractivity contribution in [1.82, 2.24) is 9.97 Å². The van der Waals surface area contributed by atoms with E-state index in [-0.39, 0.29) is 0 Å². The van der Waals surface area contributed by atoms with Crippen molar-refractivity contribution in [3.8, 4) is 56.2 Å². The molecule has 288 valence electrons. The third-order valence-corrected chi connectivity index (χ3v) is 12.5. The number of aromatic nitrogens is 2. The molecule has 0 spiro atoms. The quantitative estimate of drug-likeness (QED) is 0.163. The molecule has 62 heavy (non-hydrogen) atoms. The lowest BCUT2D eigenvalue weighted by molar-refractivity contribution is 0.669. The summed E-state index contributed by atoms with van der Waals surface area (Å²) < 4.78 is 13.2. The number of furan rings is 2. The van der Waals surface area contributed by atoms with E-state index in [0.717, 1.165) is 93.9 Å². The fourth-order valence-corrected chi connectivity index (χ4v) is 9.79. The molecule has 0 atom stereocenters. The Bertz CT molecular complexity index is 3750. The summed E-state index contributed by atoms with van der Waals surface area (Å²) >= 11 is 0. The summed E-state index contributed by atoms with van der Waals surface area (Å²) in [7, 11) is 0. The molecule has 0 aliphatic carbocycles. The highest BCUT2D eigenvalue weighted by Crippen LogP contribution is 2.48. The molecular weight excluding hydrogens is 757 g/mol. The van der Waals surface area contributed by atoms with Gasteiger partial charge in [0.1, 0.15) is 22.3 Å². The Kier molecular flexibility index (Phi) is 7.57. The maximum atomic E-state index is 6.62. The second-order valence-electron chi connectivity index (χ2n) is 15.9. The Balaban J connectivity index is 1.10. The van der Waals surface area contributed by atoms with Gasteiger partial charge in [-0.05, 0) is 84.9 Å². The van der Waals surface area contributed by atoms with E-state index < -0.39 is 0 Å². The highest BCUT2D eigenvalue weighted by atomic mass is 16.3. The molecule has 0 bridgehead atoms. The zero-order chi connectivity index (χ0) is 40.7. The largest absolute Gasteiger partial charge is 0.455 e. The van der Waals surface area contributed by atoms with E-state index >= 15 is 0 Å². The minimum absolute atomic E-state index is 0.612. The lowest BCUT2D eigenvalue weighted by Gasteiger charge is -2.20. The number of hydrogen-bond donors (Lipinski definition) is 0. The fourth-order valence-electron chi connectivity index (χ4n) is 9.79. The molecule has 13 rings (SSSR count). The van der Waals surface area contributed by atoms with E-state index in [9.17, 15) is 0 Å². The third kappa shape index (κ3) is 5.20. The molecule has 0 saturated carbocycles. The summed E-state index contributed by atoms with van der Waals surface area (Å²) in [6.45, 7) is 0. The molecule has 10 aromatic carbocycles. The van der Waals surface area contributed by atoms with Crippen molar-refractivity contribution in [3.05, 3.63) is 206 Å². The van der Waals surface area contributed by atoms with E-state index in [1.807, 2.05) is 24.3 Å². The highest BCUT2D eigenvalue weighted by Gasteiger charge is 2.23. The van der Waals surface area contributed by atoms with Crippen LogP contribution in [0.3, 0.4) is 0 Å². The summed E-state index contributed by atoms with van der Waals surface area (Å²) in [6, 6.07) is 72.6. The van der Waals surface area contributed by atoms with Gasteiger partial charge >= 0.3 is 0 Å². The molecule has 0 unspecified atom stereocenters. The van der Waals surface area contributed by atoms with Gasteiger partial charge in [0.15, 0.2) is 5.82 Å². The lowest BCUT2D eigenvalue weighted by atomic mass is 9.83. The van der Waals surface area contributed by atoms with Crippen molar-refractivity contribution < 1.29 is 8.83 Å². The molecule has 4 heteroatoms. The summed E-state index contributed by atoms with van der Waals surface area (Å²) in [5.41, 5.74) is 12.2. The first kappa shape index (κ1) is 34.5. The number of nitrogens with zero attached hydrogens (tertiary/aromatic N) is 2. The minimum atomic E-state index is 0.612. The number of fused-ring (bicyclic) bond motifs is 9. The Morgan fingerprint density at radius 2 is 0.645 bits per heavy atom. The van der Waals surface area contributed by atoms with Gasteiger partial charge in [0.2, 0.25) is 0 Å². The van der Waals surface area contributed by atoms with Crippen LogP contribution in [0.4, 0.5) is 0 Å². The maximum Gasteiger partial charge on any atom is 0.161 e. The average Bonchev–Trinajstić information content (AvgIpc) is 3.92. The number of benzene rings is 10. The van der Waals surface area contributed by atoms with Crippen LogP contribution in [0.5, 0.6) is 0 Å². The molecule has 0 aliphatic heterocycles. The van der Waals surface area contributed by atoms with Crippen molar-refractivity contribution in [2.24, 2.45) is 0 Å². The summed E-state index contributed by atoms with van der Waals surface area (Å²) in [4.78, 5) is 11.0. The van der Waals surface area contributed by atoms with Crippen LogP contribution >= 0.6 is 0 Å². The standard InChI is InChI=1S/C58H34N2O2/c1-2-18-36-35(16-1)17-13-27-39(36)54-40-21-3-5-23-42(40)55(43-24-6-4-22-41(43)54)44-25-7-8-26-47(44)58-59-50(48-30-14-28-45-37-19-9-11-32-52(37)61-56(45)48)34-51(60-58)49-31-15-29-46-38-20-10-12-33-53(38)62-57(46)49/h1-34H. The molecular formula is C58H34N2O2. The Morgan fingerprint density at radius 3 is 1.21 bits per heavy atom. The molecule has 3 aromatic heterocycles. The van der Waals surface area contributed by atoms with Crippen LogP contribution < -0.4 is 0 Å². The van der Waals surface area contributed by atoms with Gasteiger partial charge in [-0.1, -0.05) is 176 Å². The zero-order valence-corrected chi connectivity index (χ0v) is 33.3. The molecule has 4 nitrogen and oxygen atoms in total. The van der Waals surface area contributed by atoms with Gasteiger partial charge in [-0.3, -0.25) is 0 Å². The zero-order valence-electron chi connectivity index (χ0n) is 33.3. The first-order valence-electron chi connectivity index (χ1n) is 21.0. The Labute approximate surface area is 356 Å². The van der Waals surface area contributed by atoms with Crippen LogP contribution in [0.15, 0.2) is 215 Å². The van der Waals surface area contributed by atoms with E-state index in [1.165, 1.54) is 32.7 Å². The number of hydrogen-bond acceptors (Lipinski definition) is 4. The predicted molar refractivity (Wildman–Crippen MR) is 256 cm³/mol. The lowest BCUT2D eigenvalue weighted by Crippen LogP contribution is -1.99. The topological polar surface area (TPSA) is 52.1 Å². The summed E-state index contributed by atoms with van der Waals surface area (Å²) in [6.07, 6.45) is 0. The van der Waals surface area contributed by atoms with Crippen molar-refractivity contribution in [3.63, 3.8) is 0 Å². The maximum absolute atomic E-state index is 6.62. The third-order valence-electron chi connectivity index (χ3n) is 12.5. The predicted octanol–water partition coefficient (Wildman–Crippen LogP) is 16.1. The molecule has 0 N–H and O–H groups in total. The first-order valence-corrected chi connectivity index (χ1v) is 21.0. The second-order valence-corrected chi connectivity index (χ2v) is 15.9. The van der Waals surface area contributed by atoms with Gasteiger partial charge in [0, 0.05) is 38.2 Å². The number of para-hydroxylation sites is 4. The first-order chi connectivity index (χ1) is 30.8. The van der Waals surface area contributed by atoms with E-state index in [0.29, 0.717) is 5.82 Å². The van der Waals surface area contributed by atoms with E-state index in [4.69, 9.17) is 18.8 Å². The smallest absolute Gasteiger partial charge is 0.161 e. The van der Waals surface area contributed by atoms with Gasteiger partial charge in [-0.25, -0.2) is 9.97 Å². The fraction of sp³-hybridized carbons (Fsp3) is 0. The van der Waals surface area contributed by atoms with Crippen LogP contribution in [0.25, 0.3) is 132 Å². The minimum Gasteiger partial charge on any atom is -0.455 e. The molecule has 13 aromatic rings. The van der Waals surface area contributed by atoms with E-state index in [2.05, 4.69) is 182 Å². The monoisotopic (exact) mass is 790 g/mol. The van der Waals surface area contributed by atoms with Crippen LogP contribution in [-0.2, 0) is 0 Å². The van der Waals surface area contributed by atoms with Crippen LogP contribution in [0.2, 0.25) is 0 Å². The average molecular weight is 791 g/mol. The van der Waals surface area contributed by atoms with Gasteiger partial charge in [-0.2, -0.15) is 0 Å². The van der Waals surface area contributed by atoms with Crippen LogP contribution in [-0.4, -0.2) is 9.97 Å². The van der Waals surface area contributed by atoms with E-state index in [1.54, 1.807) is 0 Å². The SMILES string of the molecule is c1ccc(-c2c3ccccc3c(-c3cccc4ccccc34)c3ccccc23)c(-c2nc(-c3cccc4c3oc3ccccc34)cc(-c3cccc4c3oc3ccccc34)n2)c1. The van der Waals surface area contributed by atoms with Gasteiger partial charge in [-0.15, -0.1) is 0 Å². The molecule has 0 radical (unpaired) electrons.